The van der Waals surface area contributed by atoms with Crippen LogP contribution in [0.2, 0.25) is 0 Å². The van der Waals surface area contributed by atoms with Gasteiger partial charge in [-0.2, -0.15) is 0 Å². The first-order chi connectivity index (χ1) is 33.4. The number of rotatable bonds is 18. The summed E-state index contributed by atoms with van der Waals surface area (Å²) >= 11 is 0. The lowest BCUT2D eigenvalue weighted by atomic mass is 9.96. The quantitative estimate of drug-likeness (QED) is 0.0660. The molecule has 2 aliphatic heterocycles. The second kappa shape index (κ2) is 28.6. The van der Waals surface area contributed by atoms with Crippen LogP contribution < -0.4 is 60.2 Å². The average molecular weight is 1040 g/mol. The molecule has 0 saturated carbocycles. The first-order valence-corrected chi connectivity index (χ1v) is 26.0. The molecule has 26 heteroatoms. The minimum absolute atomic E-state index is 0.0466. The molecule has 11 amide bonds. The Kier molecular flexibility index (Phi) is 23.9. The summed E-state index contributed by atoms with van der Waals surface area (Å²) < 4.78 is 0. The lowest BCUT2D eigenvalue weighted by molar-refractivity contribution is -0.142. The molecular weight excluding hydrogens is 965 g/mol. The van der Waals surface area contributed by atoms with Crippen LogP contribution in [0.5, 0.6) is 5.75 Å². The summed E-state index contributed by atoms with van der Waals surface area (Å²) in [4.78, 5) is 149. The van der Waals surface area contributed by atoms with Gasteiger partial charge in [-0.15, -0.1) is 0 Å². The number of nitrogens with two attached hydrogens (primary N) is 4. The summed E-state index contributed by atoms with van der Waals surface area (Å²) in [6, 6.07) is -6.11. The van der Waals surface area contributed by atoms with Gasteiger partial charge in [0.05, 0.1) is 12.5 Å². The summed E-state index contributed by atoms with van der Waals surface area (Å²) in [7, 11) is 2.05. The number of hydrogen-bond acceptors (Lipinski definition) is 15. The van der Waals surface area contributed by atoms with E-state index < -0.39 is 145 Å². The molecule has 1 aromatic carbocycles. The minimum atomic E-state index is -1.75. The smallest absolute Gasteiger partial charge is 0.246 e. The minimum Gasteiger partial charge on any atom is -0.508 e. The Morgan fingerprint density at radius 3 is 1.97 bits per heavy atom. The number of carbonyl (C=O) groups is 11. The van der Waals surface area contributed by atoms with Crippen LogP contribution in [-0.2, 0) is 59.2 Å². The number of aromatic hydroxyl groups is 1. The molecule has 0 spiro atoms. The maximum absolute atomic E-state index is 14.6. The predicted octanol–water partition coefficient (Wildman–Crippen LogP) is -2.83. The summed E-state index contributed by atoms with van der Waals surface area (Å²) in [5.74, 6) is -10.1. The van der Waals surface area contributed by atoms with Crippen molar-refractivity contribution in [2.45, 2.75) is 147 Å². The predicted molar refractivity (Wildman–Crippen MR) is 264 cm³/mol. The molecule has 24 nitrogen and oxygen atoms in total. The molecule has 0 aliphatic carbocycles. The van der Waals surface area contributed by atoms with Gasteiger partial charge in [0.25, 0.3) is 0 Å². The van der Waals surface area contributed by atoms with Crippen LogP contribution in [-0.4, -0.2) is 147 Å². The highest BCUT2D eigenvalue weighted by atomic mass is 33.1. The SMILES string of the molecule is CC[C@H](C)[C@@H]1NC(=O)[C@H](Cc2ccc(O)cc2)NC(=O)[C@@H](N)CSSC[C@@H](C(=O)N2CCC[C@H]2C(=O)N[C@@H](CCC(C)C)C(=O)N[C@@H](C)C(N)=O)NC(=O)[C@H](CC(N)=O)NC(=O)[C@H](CCC(N)=O)NC1=O. The van der Waals surface area contributed by atoms with Crippen molar-refractivity contribution in [2.24, 2.45) is 34.8 Å². The van der Waals surface area contributed by atoms with Crippen molar-refractivity contribution in [1.82, 2.24) is 42.1 Å². The van der Waals surface area contributed by atoms with E-state index in [-0.39, 0.29) is 49.0 Å². The van der Waals surface area contributed by atoms with Crippen molar-refractivity contribution in [3.8, 4) is 5.75 Å². The molecule has 0 aromatic heterocycles. The van der Waals surface area contributed by atoms with E-state index in [1.165, 1.54) is 36.1 Å². The molecule has 2 fully saturated rings. The molecule has 16 N–H and O–H groups in total. The number of carbonyl (C=O) groups excluding carboxylic acids is 11. The van der Waals surface area contributed by atoms with Gasteiger partial charge in [-0.05, 0) is 68.6 Å². The highest BCUT2D eigenvalue weighted by Gasteiger charge is 2.41. The van der Waals surface area contributed by atoms with E-state index in [1.54, 1.807) is 13.8 Å². The van der Waals surface area contributed by atoms with Gasteiger partial charge in [-0.25, -0.2) is 0 Å². The molecule has 0 unspecified atom stereocenters. The summed E-state index contributed by atoms with van der Waals surface area (Å²) in [5, 5.41) is 27.9. The average Bonchev–Trinajstić information content (AvgIpc) is 3.81. The van der Waals surface area contributed by atoms with Crippen molar-refractivity contribution in [1.29, 1.82) is 0 Å². The normalized spacial score (nSPS) is 24.4. The van der Waals surface area contributed by atoms with E-state index >= 15 is 0 Å². The molecule has 0 bridgehead atoms. The van der Waals surface area contributed by atoms with Gasteiger partial charge in [0.2, 0.25) is 65.0 Å². The second-order valence-electron chi connectivity index (χ2n) is 18.2. The second-order valence-corrected chi connectivity index (χ2v) is 20.7. The first-order valence-electron chi connectivity index (χ1n) is 23.5. The Hall–Kier alpha value is -6.15. The Morgan fingerprint density at radius 1 is 0.761 bits per heavy atom. The molecule has 2 heterocycles. The van der Waals surface area contributed by atoms with Crippen LogP contribution in [0.4, 0.5) is 0 Å². The third-order valence-corrected chi connectivity index (χ3v) is 14.4. The maximum Gasteiger partial charge on any atom is 0.246 e. The zero-order chi connectivity index (χ0) is 53.1. The number of hydrogen-bond donors (Lipinski definition) is 12. The van der Waals surface area contributed by atoms with E-state index in [0.717, 1.165) is 21.6 Å². The molecule has 0 radical (unpaired) electrons. The van der Waals surface area contributed by atoms with Crippen molar-refractivity contribution in [3.05, 3.63) is 29.8 Å². The third kappa shape index (κ3) is 19.2. The zero-order valence-electron chi connectivity index (χ0n) is 40.7. The van der Waals surface area contributed by atoms with E-state index in [4.69, 9.17) is 22.9 Å². The van der Waals surface area contributed by atoms with E-state index in [0.29, 0.717) is 24.8 Å². The summed E-state index contributed by atoms with van der Waals surface area (Å²) in [6.07, 6.45) is -0.166. The number of nitrogens with one attached hydrogen (secondary N) is 7. The van der Waals surface area contributed by atoms with Crippen LogP contribution in [0, 0.1) is 11.8 Å². The number of benzene rings is 1. The lowest BCUT2D eigenvalue weighted by Crippen LogP contribution is -2.61. The van der Waals surface area contributed by atoms with E-state index in [9.17, 15) is 57.8 Å². The fraction of sp³-hybridized carbons (Fsp3) is 0.622. The van der Waals surface area contributed by atoms with Gasteiger partial charge in [-0.3, -0.25) is 52.7 Å². The van der Waals surface area contributed by atoms with Crippen LogP contribution >= 0.6 is 21.6 Å². The van der Waals surface area contributed by atoms with Crippen LogP contribution in [0.3, 0.4) is 0 Å². The molecule has 2 saturated heterocycles. The van der Waals surface area contributed by atoms with Crippen molar-refractivity contribution in [2.75, 3.05) is 18.1 Å². The number of phenolic OH excluding ortho intramolecular Hbond substituents is 1. The lowest BCUT2D eigenvalue weighted by Gasteiger charge is -2.31. The molecule has 10 atom stereocenters. The van der Waals surface area contributed by atoms with Crippen LogP contribution in [0.1, 0.15) is 91.5 Å². The summed E-state index contributed by atoms with van der Waals surface area (Å²) in [5.41, 5.74) is 23.1. The standard InChI is InChI=1S/C45H70N12O12S2/c1-6-23(4)36-44(68)52-29(15-16-34(47)59)40(64)54-31(19-35(48)60)41(65)55-32(21-71-70-20-27(46)38(62)53-30(42(66)56-36)18-25-10-12-26(58)13-11-25)45(69)57-17-7-8-33(57)43(67)51-28(14-9-22(2)3)39(63)50-24(5)37(49)61/h10-13,22-24,27-33,36,58H,6-9,14-21,46H2,1-5H3,(H2,47,59)(H2,48,60)(H2,49,61)(H,50,63)(H,51,67)(H,52,68)(H,53,62)(H,54,64)(H,55,65)(H,56,66)/t23-,24-,27-,28-,29-,30-,31-,32-,33-,36-/m0/s1. The Morgan fingerprint density at radius 2 is 1.37 bits per heavy atom. The Bertz CT molecular complexity index is 2100. The largest absolute Gasteiger partial charge is 0.508 e. The topological polar surface area (TPSA) is 400 Å². The van der Waals surface area contributed by atoms with Crippen LogP contribution in [0.15, 0.2) is 24.3 Å². The number of amides is 11. The number of nitrogens with zero attached hydrogens (tertiary/aromatic N) is 1. The third-order valence-electron chi connectivity index (χ3n) is 12.0. The van der Waals surface area contributed by atoms with Gasteiger partial charge >= 0.3 is 0 Å². The maximum atomic E-state index is 14.6. The number of primary amides is 3. The Labute approximate surface area is 420 Å². The number of likely N-dealkylation sites (tertiary alicyclic amines) is 1. The molecular formula is C45H70N12O12S2. The fourth-order valence-corrected chi connectivity index (χ4v) is 9.77. The molecule has 3 rings (SSSR count). The fourth-order valence-electron chi connectivity index (χ4n) is 7.50. The molecule has 394 valence electrons. The first kappa shape index (κ1) is 59.2. The highest BCUT2D eigenvalue weighted by molar-refractivity contribution is 8.76. The van der Waals surface area contributed by atoms with E-state index in [1.807, 2.05) is 13.8 Å². The van der Waals surface area contributed by atoms with Crippen molar-refractivity contribution >= 4 is 86.6 Å². The Balaban J connectivity index is 2.05. The summed E-state index contributed by atoms with van der Waals surface area (Å²) in [6.45, 7) is 8.69. The number of phenols is 1. The van der Waals surface area contributed by atoms with Crippen molar-refractivity contribution in [3.63, 3.8) is 0 Å². The van der Waals surface area contributed by atoms with Crippen molar-refractivity contribution < 1.29 is 57.8 Å². The van der Waals surface area contributed by atoms with E-state index in [2.05, 4.69) is 37.2 Å². The van der Waals surface area contributed by atoms with Gasteiger partial charge < -0.3 is 70.2 Å². The molecule has 71 heavy (non-hydrogen) atoms. The highest BCUT2D eigenvalue weighted by Crippen LogP contribution is 2.26. The van der Waals surface area contributed by atoms with Gasteiger partial charge in [-0.1, -0.05) is 67.8 Å². The monoisotopic (exact) mass is 1030 g/mol. The van der Waals surface area contributed by atoms with Crippen LogP contribution in [0.25, 0.3) is 0 Å². The van der Waals surface area contributed by atoms with Gasteiger partial charge in [0, 0.05) is 30.9 Å². The van der Waals surface area contributed by atoms with Gasteiger partial charge in [0.15, 0.2) is 0 Å². The molecule has 1 aromatic rings. The zero-order valence-corrected chi connectivity index (χ0v) is 42.3. The van der Waals surface area contributed by atoms with Gasteiger partial charge in [0.1, 0.15) is 54.1 Å². The molecule has 2 aliphatic rings.